The van der Waals surface area contributed by atoms with Gasteiger partial charge in [0, 0.05) is 12.1 Å². The Labute approximate surface area is 78.3 Å². The van der Waals surface area contributed by atoms with Crippen molar-refractivity contribution in [3.63, 3.8) is 0 Å². The van der Waals surface area contributed by atoms with E-state index in [1.807, 2.05) is 6.92 Å². The van der Waals surface area contributed by atoms with E-state index in [0.717, 1.165) is 0 Å². The Morgan fingerprint density at radius 2 is 1.85 bits per heavy atom. The van der Waals surface area contributed by atoms with Crippen molar-refractivity contribution in [1.82, 2.24) is 0 Å². The van der Waals surface area contributed by atoms with E-state index in [0.29, 0.717) is 19.3 Å². The summed E-state index contributed by atoms with van der Waals surface area (Å²) in [5, 5.41) is 8.49. The standard InChI is InChI=1S/C8H19N3O2/c1-5(9)4-6(10)2-3-7(11)8(12)13/h5-7H,2-4,9-11H2,1H3,(H,12,13). The lowest BCUT2D eigenvalue weighted by atomic mass is 10.0. The van der Waals surface area contributed by atoms with Crippen LogP contribution in [0.5, 0.6) is 0 Å². The van der Waals surface area contributed by atoms with Crippen LogP contribution >= 0.6 is 0 Å². The second kappa shape index (κ2) is 5.90. The van der Waals surface area contributed by atoms with Crippen LogP contribution in [-0.2, 0) is 4.79 Å². The molecule has 0 rings (SSSR count). The molecule has 0 aliphatic rings. The van der Waals surface area contributed by atoms with Crippen molar-refractivity contribution in [2.45, 2.75) is 44.3 Å². The Bertz CT molecular complexity index is 161. The van der Waals surface area contributed by atoms with Gasteiger partial charge in [-0.05, 0) is 26.2 Å². The average molecular weight is 189 g/mol. The molecular formula is C8H19N3O2. The van der Waals surface area contributed by atoms with Crippen molar-refractivity contribution in [2.24, 2.45) is 17.2 Å². The number of rotatable bonds is 6. The Morgan fingerprint density at radius 1 is 1.31 bits per heavy atom. The highest BCUT2D eigenvalue weighted by molar-refractivity contribution is 5.72. The third kappa shape index (κ3) is 6.51. The smallest absolute Gasteiger partial charge is 0.320 e. The average Bonchev–Trinajstić information content (AvgIpc) is 1.98. The lowest BCUT2D eigenvalue weighted by Gasteiger charge is -2.14. The predicted molar refractivity (Wildman–Crippen MR) is 51.1 cm³/mol. The molecule has 0 aromatic rings. The van der Waals surface area contributed by atoms with Gasteiger partial charge in [0.25, 0.3) is 0 Å². The van der Waals surface area contributed by atoms with E-state index in [1.165, 1.54) is 0 Å². The van der Waals surface area contributed by atoms with Gasteiger partial charge >= 0.3 is 5.97 Å². The predicted octanol–water partition coefficient (Wildman–Crippen LogP) is -0.757. The zero-order chi connectivity index (χ0) is 10.4. The molecule has 0 saturated heterocycles. The molecule has 7 N–H and O–H groups in total. The second-order valence-electron chi connectivity index (χ2n) is 3.50. The van der Waals surface area contributed by atoms with E-state index >= 15 is 0 Å². The van der Waals surface area contributed by atoms with Crippen molar-refractivity contribution in [3.05, 3.63) is 0 Å². The Hall–Kier alpha value is -0.650. The number of carbonyl (C=O) groups is 1. The van der Waals surface area contributed by atoms with Gasteiger partial charge in [-0.3, -0.25) is 4.79 Å². The molecule has 0 fully saturated rings. The van der Waals surface area contributed by atoms with Gasteiger partial charge in [0.2, 0.25) is 0 Å². The molecule has 0 amide bonds. The number of carboxylic acids is 1. The van der Waals surface area contributed by atoms with Crippen molar-refractivity contribution in [1.29, 1.82) is 0 Å². The van der Waals surface area contributed by atoms with E-state index in [-0.39, 0.29) is 12.1 Å². The summed E-state index contributed by atoms with van der Waals surface area (Å²) in [5.41, 5.74) is 16.5. The third-order valence-electron chi connectivity index (χ3n) is 1.84. The fraction of sp³-hybridized carbons (Fsp3) is 0.875. The van der Waals surface area contributed by atoms with Crippen LogP contribution in [0.25, 0.3) is 0 Å². The highest BCUT2D eigenvalue weighted by Gasteiger charge is 2.13. The Morgan fingerprint density at radius 3 is 2.23 bits per heavy atom. The highest BCUT2D eigenvalue weighted by Crippen LogP contribution is 2.03. The molecule has 0 bridgehead atoms. The van der Waals surface area contributed by atoms with Gasteiger partial charge in [-0.25, -0.2) is 0 Å². The topological polar surface area (TPSA) is 115 Å². The minimum atomic E-state index is -0.979. The molecule has 0 aromatic carbocycles. The molecule has 5 nitrogen and oxygen atoms in total. The molecule has 0 saturated carbocycles. The molecular weight excluding hydrogens is 170 g/mol. The van der Waals surface area contributed by atoms with Crippen LogP contribution in [0.15, 0.2) is 0 Å². The first-order chi connectivity index (χ1) is 5.93. The molecule has 0 aliphatic carbocycles. The number of aliphatic carboxylic acids is 1. The van der Waals surface area contributed by atoms with Crippen LogP contribution in [0.4, 0.5) is 0 Å². The van der Waals surface area contributed by atoms with Gasteiger partial charge in [-0.1, -0.05) is 0 Å². The van der Waals surface area contributed by atoms with Gasteiger partial charge in [-0.2, -0.15) is 0 Å². The van der Waals surface area contributed by atoms with E-state index < -0.39 is 12.0 Å². The molecule has 5 heteroatoms. The third-order valence-corrected chi connectivity index (χ3v) is 1.84. The van der Waals surface area contributed by atoms with Crippen molar-refractivity contribution in [2.75, 3.05) is 0 Å². The zero-order valence-corrected chi connectivity index (χ0v) is 7.94. The molecule has 0 radical (unpaired) electrons. The van der Waals surface area contributed by atoms with Crippen LogP contribution in [0.3, 0.4) is 0 Å². The summed E-state index contributed by atoms with van der Waals surface area (Å²) in [6, 6.07) is -0.805. The van der Waals surface area contributed by atoms with Gasteiger partial charge in [-0.15, -0.1) is 0 Å². The Balaban J connectivity index is 3.57. The van der Waals surface area contributed by atoms with Gasteiger partial charge in [0.05, 0.1) is 0 Å². The summed E-state index contributed by atoms with van der Waals surface area (Å²) in [6.07, 6.45) is 1.71. The summed E-state index contributed by atoms with van der Waals surface area (Å²) in [6.45, 7) is 1.87. The normalized spacial score (nSPS) is 17.8. The number of hydrogen-bond donors (Lipinski definition) is 4. The zero-order valence-electron chi connectivity index (χ0n) is 7.94. The van der Waals surface area contributed by atoms with Crippen molar-refractivity contribution < 1.29 is 9.90 Å². The summed E-state index contributed by atoms with van der Waals surface area (Å²) in [5.74, 6) is -0.979. The molecule has 0 heterocycles. The van der Waals surface area contributed by atoms with Crippen LogP contribution < -0.4 is 17.2 Å². The summed E-state index contributed by atoms with van der Waals surface area (Å²) >= 11 is 0. The van der Waals surface area contributed by atoms with Crippen LogP contribution in [-0.4, -0.2) is 29.2 Å². The van der Waals surface area contributed by atoms with Crippen molar-refractivity contribution >= 4 is 5.97 Å². The molecule has 0 spiro atoms. The van der Waals surface area contributed by atoms with Gasteiger partial charge in [0.1, 0.15) is 6.04 Å². The minimum absolute atomic E-state index is 0.0506. The lowest BCUT2D eigenvalue weighted by Crippen LogP contribution is -2.34. The fourth-order valence-electron chi connectivity index (χ4n) is 1.11. The monoisotopic (exact) mass is 189 g/mol. The summed E-state index contributed by atoms with van der Waals surface area (Å²) in [4.78, 5) is 10.3. The number of carboxylic acid groups (broad SMARTS) is 1. The van der Waals surface area contributed by atoms with Crippen LogP contribution in [0, 0.1) is 0 Å². The summed E-state index contributed by atoms with van der Waals surface area (Å²) < 4.78 is 0. The first-order valence-corrected chi connectivity index (χ1v) is 4.43. The quantitative estimate of drug-likeness (QED) is 0.438. The second-order valence-corrected chi connectivity index (χ2v) is 3.50. The number of nitrogens with two attached hydrogens (primary N) is 3. The van der Waals surface area contributed by atoms with E-state index in [2.05, 4.69) is 0 Å². The number of hydrogen-bond acceptors (Lipinski definition) is 4. The van der Waals surface area contributed by atoms with E-state index in [4.69, 9.17) is 22.3 Å². The fourth-order valence-corrected chi connectivity index (χ4v) is 1.11. The van der Waals surface area contributed by atoms with Gasteiger partial charge < -0.3 is 22.3 Å². The summed E-state index contributed by atoms with van der Waals surface area (Å²) in [7, 11) is 0. The van der Waals surface area contributed by atoms with E-state index in [9.17, 15) is 4.79 Å². The maximum absolute atomic E-state index is 10.3. The first-order valence-electron chi connectivity index (χ1n) is 4.43. The highest BCUT2D eigenvalue weighted by atomic mass is 16.4. The molecule has 78 valence electrons. The minimum Gasteiger partial charge on any atom is -0.480 e. The van der Waals surface area contributed by atoms with Crippen molar-refractivity contribution in [3.8, 4) is 0 Å². The first kappa shape index (κ1) is 12.3. The lowest BCUT2D eigenvalue weighted by molar-refractivity contribution is -0.138. The maximum Gasteiger partial charge on any atom is 0.320 e. The van der Waals surface area contributed by atoms with Crippen LogP contribution in [0.1, 0.15) is 26.2 Å². The van der Waals surface area contributed by atoms with E-state index in [1.54, 1.807) is 0 Å². The SMILES string of the molecule is CC(N)CC(N)CCC(N)C(=O)O. The molecule has 3 unspecified atom stereocenters. The largest absolute Gasteiger partial charge is 0.480 e. The molecule has 13 heavy (non-hydrogen) atoms. The van der Waals surface area contributed by atoms with Gasteiger partial charge in [0.15, 0.2) is 0 Å². The molecule has 0 aliphatic heterocycles. The molecule has 0 aromatic heterocycles. The Kier molecular flexibility index (Phi) is 5.61. The molecule has 3 atom stereocenters. The maximum atomic E-state index is 10.3. The van der Waals surface area contributed by atoms with Crippen LogP contribution in [0.2, 0.25) is 0 Å².